The van der Waals surface area contributed by atoms with Gasteiger partial charge < -0.3 is 9.45 Å². The largest absolute Gasteiger partial charge is 0.748 e. The Balaban J connectivity index is 0.00000158. The zero-order valence-corrected chi connectivity index (χ0v) is 38.3. The number of thioether (sulfide) groups is 1. The smallest absolute Gasteiger partial charge is 0.425 e. The molecule has 3 aliphatic rings. The summed E-state index contributed by atoms with van der Waals surface area (Å²) in [5, 5.41) is 0. The fourth-order valence-electron chi connectivity index (χ4n) is 8.48. The highest BCUT2D eigenvalue weighted by atomic mass is 32.2. The number of nitrogens with zero attached hydrogens (tertiary/aromatic N) is 2. The Kier molecular flexibility index (Phi) is 14.9. The number of benzene rings is 3. The summed E-state index contributed by atoms with van der Waals surface area (Å²) < 4.78 is 61.8. The van der Waals surface area contributed by atoms with E-state index in [0.29, 0.717) is 19.4 Å². The number of hydrogen-bond acceptors (Lipinski definition) is 8. The molecule has 0 atom stereocenters. The quantitative estimate of drug-likeness (QED) is 0.0948. The minimum absolute atomic E-state index is 0.0890. The molecule has 8 nitrogen and oxygen atoms in total. The Morgan fingerprint density at radius 2 is 1.47 bits per heavy atom. The van der Waals surface area contributed by atoms with Crippen molar-refractivity contribution in [3.8, 4) is 0 Å². The van der Waals surface area contributed by atoms with E-state index < -0.39 is 20.7 Å². The van der Waals surface area contributed by atoms with Crippen molar-refractivity contribution in [1.82, 2.24) is 0 Å². The average molecular weight is 857 g/mol. The van der Waals surface area contributed by atoms with Crippen molar-refractivity contribution >= 4 is 49.6 Å². The van der Waals surface area contributed by atoms with Gasteiger partial charge in [0.2, 0.25) is 5.69 Å². The van der Waals surface area contributed by atoms with Gasteiger partial charge in [-0.1, -0.05) is 120 Å². The molecule has 0 saturated carbocycles. The molecule has 1 aliphatic carbocycles. The van der Waals surface area contributed by atoms with Gasteiger partial charge in [-0.2, -0.15) is 4.58 Å². The molecule has 3 aromatic rings. The molecule has 0 radical (unpaired) electrons. The number of allylic oxidation sites excluding steroid dienone is 7. The van der Waals surface area contributed by atoms with Crippen LogP contribution < -0.4 is 4.90 Å². The van der Waals surface area contributed by atoms with E-state index in [0.717, 1.165) is 44.3 Å². The summed E-state index contributed by atoms with van der Waals surface area (Å²) in [7, 11) is -7.35. The van der Waals surface area contributed by atoms with Gasteiger partial charge in [0.15, 0.2) is 5.71 Å². The second-order valence-corrected chi connectivity index (χ2v) is 20.7. The summed E-state index contributed by atoms with van der Waals surface area (Å²) in [6.45, 7) is 20.0. The second-order valence-electron chi connectivity index (χ2n) is 17.7. The van der Waals surface area contributed by atoms with Gasteiger partial charge in [0, 0.05) is 63.0 Å². The summed E-state index contributed by atoms with van der Waals surface area (Å²) in [5.41, 5.74) is 11.5. The molecule has 0 spiro atoms. The molecule has 2 aliphatic heterocycles. The average Bonchev–Trinajstić information content (AvgIpc) is 3.51. The number of hydrogen-bond donors (Lipinski definition) is 0. The van der Waals surface area contributed by atoms with Gasteiger partial charge in [-0.05, 0) is 97.9 Å². The zero-order chi connectivity index (χ0) is 43.2. The van der Waals surface area contributed by atoms with Gasteiger partial charge >= 0.3 is 10.6 Å². The molecular weight excluding hydrogens is 797 g/mol. The summed E-state index contributed by atoms with van der Waals surface area (Å²) in [4.78, 5) is 5.12. The Bertz CT molecular complexity index is 2390. The number of rotatable bonds is 13. The lowest BCUT2D eigenvalue weighted by Crippen LogP contribution is -2.28. The summed E-state index contributed by atoms with van der Waals surface area (Å²) in [6.07, 6.45) is 15.9. The normalized spacial score (nSPS) is 18.7. The van der Waals surface area contributed by atoms with Gasteiger partial charge in [0.1, 0.15) is 6.54 Å². The number of para-hydroxylation sites is 2. The van der Waals surface area contributed by atoms with E-state index in [2.05, 4.69) is 162 Å². The van der Waals surface area contributed by atoms with E-state index in [1.807, 2.05) is 11.8 Å². The molecule has 6 rings (SSSR count). The van der Waals surface area contributed by atoms with Crippen LogP contribution in [0.4, 0.5) is 11.4 Å². The topological polar surface area (TPSA) is 115 Å². The van der Waals surface area contributed by atoms with Gasteiger partial charge in [-0.25, -0.2) is 8.42 Å². The molecule has 0 amide bonds. The fraction of sp³-hybridized carbons (Fsp3) is 0.438. The van der Waals surface area contributed by atoms with Crippen LogP contribution in [0.15, 0.2) is 124 Å². The van der Waals surface area contributed by atoms with Gasteiger partial charge in [0.25, 0.3) is 0 Å². The highest BCUT2D eigenvalue weighted by molar-refractivity contribution is 8.03. The Labute approximate surface area is 358 Å². The van der Waals surface area contributed by atoms with E-state index >= 15 is 0 Å². The summed E-state index contributed by atoms with van der Waals surface area (Å²) in [6, 6.07) is 26.6. The minimum atomic E-state index is -4.24. The van der Waals surface area contributed by atoms with Crippen LogP contribution in [-0.2, 0) is 37.0 Å². The highest BCUT2D eigenvalue weighted by Crippen LogP contribution is 2.49. The van der Waals surface area contributed by atoms with Crippen molar-refractivity contribution < 1.29 is 30.2 Å². The maximum Gasteiger partial charge on any atom is 0.425 e. The van der Waals surface area contributed by atoms with E-state index in [-0.39, 0.29) is 22.0 Å². The number of anilines is 1. The van der Waals surface area contributed by atoms with Gasteiger partial charge in [0.05, 0.1) is 15.5 Å². The third-order valence-electron chi connectivity index (χ3n) is 11.7. The monoisotopic (exact) mass is 856 g/mol. The third kappa shape index (κ3) is 11.2. The molecule has 3 aromatic carbocycles. The van der Waals surface area contributed by atoms with Crippen LogP contribution in [0.3, 0.4) is 0 Å². The maximum absolute atomic E-state index is 11.4. The van der Waals surface area contributed by atoms with Crippen LogP contribution in [0.1, 0.15) is 117 Å². The Hall–Kier alpha value is -4.03. The predicted molar refractivity (Wildman–Crippen MR) is 242 cm³/mol. The first-order chi connectivity index (χ1) is 27.8. The van der Waals surface area contributed by atoms with Crippen molar-refractivity contribution in [3.63, 3.8) is 0 Å². The van der Waals surface area contributed by atoms with Crippen LogP contribution in [0.5, 0.6) is 0 Å². The van der Waals surface area contributed by atoms with Crippen LogP contribution in [0.25, 0.3) is 0 Å². The predicted octanol–water partition coefficient (Wildman–Crippen LogP) is 10.9. The minimum Gasteiger partial charge on any atom is -0.748 e. The first-order valence-electron chi connectivity index (χ1n) is 20.7. The van der Waals surface area contributed by atoms with Crippen molar-refractivity contribution in [2.24, 2.45) is 0 Å². The lowest BCUT2D eigenvalue weighted by atomic mass is 9.81. The molecule has 0 aromatic heterocycles. The third-order valence-corrected chi connectivity index (χ3v) is 13.7. The maximum atomic E-state index is 11.4. The van der Waals surface area contributed by atoms with Crippen LogP contribution in [-0.4, -0.2) is 54.7 Å². The fourth-order valence-corrected chi connectivity index (χ4v) is 10.1. The molecule has 316 valence electrons. The van der Waals surface area contributed by atoms with Crippen LogP contribution >= 0.6 is 11.8 Å². The Morgan fingerprint density at radius 3 is 2.12 bits per heavy atom. The van der Waals surface area contributed by atoms with E-state index in [4.69, 9.17) is 12.6 Å². The van der Waals surface area contributed by atoms with Gasteiger partial charge in [-0.3, -0.25) is 0 Å². The first kappa shape index (κ1) is 46.0. The first-order valence-corrected chi connectivity index (χ1v) is 24.1. The van der Waals surface area contributed by atoms with Crippen molar-refractivity contribution in [2.45, 2.75) is 121 Å². The number of fused-ring (bicyclic) bond motifs is 2. The lowest BCUT2D eigenvalue weighted by Gasteiger charge is -2.27. The van der Waals surface area contributed by atoms with E-state index in [1.54, 1.807) is 0 Å². The molecule has 0 N–H and O–H groups in total. The van der Waals surface area contributed by atoms with Crippen molar-refractivity contribution in [3.05, 3.63) is 136 Å². The van der Waals surface area contributed by atoms with Crippen molar-refractivity contribution in [2.75, 3.05) is 23.7 Å². The second kappa shape index (κ2) is 19.1. The van der Waals surface area contributed by atoms with Crippen LogP contribution in [0, 0.1) is 0 Å². The lowest BCUT2D eigenvalue weighted by molar-refractivity contribution is -0.438. The molecule has 0 bridgehead atoms. The van der Waals surface area contributed by atoms with Crippen molar-refractivity contribution in [1.29, 1.82) is 0 Å². The summed E-state index contributed by atoms with van der Waals surface area (Å²) in [5.74, 6) is -0.327. The highest BCUT2D eigenvalue weighted by Gasteiger charge is 2.44. The number of unbranched alkanes of at least 4 members (excludes halogenated alkanes) is 2. The summed E-state index contributed by atoms with van der Waals surface area (Å²) >= 11 is 1.88. The van der Waals surface area contributed by atoms with E-state index in [1.165, 1.54) is 54.7 Å². The zero-order valence-electron chi connectivity index (χ0n) is 35.9. The van der Waals surface area contributed by atoms with Gasteiger partial charge in [-0.15, -0.1) is 12.6 Å². The standard InChI is InChI=1S/C48H60N2O3S2.O3S/c1-9-10-32-49-41-22-13-11-20-39(41)47(5,6)43(49)30-24-35-18-17-19-36(45(35)54-38-28-26-37(27-29-38)46(2,3)4)25-31-44-48(7,8)40-21-12-14-23-42(40)50(44)33-15-16-34-55(51,52)53;1-4(2)3/h11-14,20-31H,9-10,15-19,32-34H2,1-8H3;. The molecule has 59 heavy (non-hydrogen) atoms. The molecule has 2 heterocycles. The molecule has 0 unspecified atom stereocenters. The Morgan fingerprint density at radius 1 is 0.831 bits per heavy atom. The molecule has 11 heteroatoms. The molecule has 0 fully saturated rings. The van der Waals surface area contributed by atoms with Crippen LogP contribution in [0.2, 0.25) is 0 Å². The molecule has 0 saturated heterocycles. The SMILES string of the molecule is CCCCN1/C(=C/C=C2\CCCC(/C=C/C3=[N+](CCCCS(=O)(=O)[O-])c4ccccc4C3(C)C)=C2Sc2ccc(C(C)(C)C)cc2)C(C)(C)c2ccccc21.O=S(=O)=O. The van der Waals surface area contributed by atoms with E-state index in [9.17, 15) is 13.0 Å². The molecular formula is C48H60N2O6S3.